The summed E-state index contributed by atoms with van der Waals surface area (Å²) in [6, 6.07) is 7.44. The highest BCUT2D eigenvalue weighted by Crippen LogP contribution is 2.21. The first-order valence-corrected chi connectivity index (χ1v) is 11.3. The maximum Gasteiger partial charge on any atom is 0.246 e. The predicted octanol–water partition coefficient (Wildman–Crippen LogP) is 1.92. The highest BCUT2D eigenvalue weighted by atomic mass is 16.5. The van der Waals surface area contributed by atoms with Crippen molar-refractivity contribution in [3.63, 3.8) is 0 Å². The minimum atomic E-state index is 0.0254. The molecule has 1 saturated heterocycles. The molecule has 0 spiro atoms. The molecule has 1 aromatic carbocycles. The van der Waals surface area contributed by atoms with Gasteiger partial charge in [-0.25, -0.2) is 15.0 Å². The second-order valence-corrected chi connectivity index (χ2v) is 8.35. The van der Waals surface area contributed by atoms with Gasteiger partial charge in [0.1, 0.15) is 24.4 Å². The van der Waals surface area contributed by atoms with Crippen LogP contribution < -0.4 is 14.8 Å². The van der Waals surface area contributed by atoms with Crippen molar-refractivity contribution in [3.05, 3.63) is 48.6 Å². The van der Waals surface area contributed by atoms with Crippen molar-refractivity contribution in [1.82, 2.24) is 29.7 Å². The summed E-state index contributed by atoms with van der Waals surface area (Å²) >= 11 is 0. The Morgan fingerprint density at radius 3 is 3.03 bits per heavy atom. The lowest BCUT2D eigenvalue weighted by Gasteiger charge is -2.16. The molecule has 1 unspecified atom stereocenters. The Hall–Kier alpha value is -4.10. The number of nitrogens with one attached hydrogen (secondary N) is 2. The molecule has 0 bridgehead atoms. The first-order chi connectivity index (χ1) is 17.0. The molecule has 3 heterocycles. The molecule has 2 aromatic heterocycles. The molecule has 1 atom stereocenters. The first-order valence-electron chi connectivity index (χ1n) is 11.3. The van der Waals surface area contributed by atoms with Crippen LogP contribution in [0.1, 0.15) is 12.2 Å². The number of methoxy groups -OCH3 is 1. The van der Waals surface area contributed by atoms with Gasteiger partial charge >= 0.3 is 0 Å². The summed E-state index contributed by atoms with van der Waals surface area (Å²) in [7, 11) is 5.55. The van der Waals surface area contributed by atoms with Crippen LogP contribution in [0.25, 0.3) is 11.2 Å². The van der Waals surface area contributed by atoms with Gasteiger partial charge in [0.2, 0.25) is 5.91 Å². The molecule has 0 saturated carbocycles. The van der Waals surface area contributed by atoms with E-state index in [2.05, 4.69) is 37.1 Å². The molecule has 10 nitrogen and oxygen atoms in total. The third kappa shape index (κ3) is 6.49. The van der Waals surface area contributed by atoms with Gasteiger partial charge in [0, 0.05) is 37.8 Å². The number of rotatable bonds is 8. The number of anilines is 1. The predicted molar refractivity (Wildman–Crippen MR) is 133 cm³/mol. The van der Waals surface area contributed by atoms with E-state index in [0.717, 1.165) is 18.7 Å². The van der Waals surface area contributed by atoms with Crippen LogP contribution in [0, 0.1) is 11.8 Å². The van der Waals surface area contributed by atoms with Crippen LogP contribution in [0.3, 0.4) is 0 Å². The first kappa shape index (κ1) is 24.0. The van der Waals surface area contributed by atoms with Gasteiger partial charge in [-0.3, -0.25) is 4.79 Å². The fourth-order valence-corrected chi connectivity index (χ4v) is 3.66. The van der Waals surface area contributed by atoms with Crippen molar-refractivity contribution in [2.75, 3.05) is 52.8 Å². The zero-order valence-corrected chi connectivity index (χ0v) is 20.1. The number of ether oxygens (including phenoxy) is 2. The number of carbonyl (C=O) groups is 1. The fourth-order valence-electron chi connectivity index (χ4n) is 3.66. The fraction of sp³-hybridized carbons (Fsp3) is 0.360. The third-order valence-electron chi connectivity index (χ3n) is 5.41. The monoisotopic (exact) mass is 475 g/mol. The van der Waals surface area contributed by atoms with Crippen molar-refractivity contribution in [2.45, 2.75) is 12.5 Å². The van der Waals surface area contributed by atoms with Crippen molar-refractivity contribution < 1.29 is 14.3 Å². The molecular formula is C25H29N7O3. The van der Waals surface area contributed by atoms with Gasteiger partial charge in [-0.05, 0) is 38.6 Å². The van der Waals surface area contributed by atoms with Gasteiger partial charge in [0.15, 0.2) is 22.8 Å². The molecule has 0 radical (unpaired) electrons. The Balaban J connectivity index is 1.36. The standard InChI is InChI=1S/C25H29N7O3/c1-31(2)12-5-10-22(33)32-13-11-18(16-32)28-24-23-25(27-17-26-24)30-21(29-23)9-6-14-35-20-8-4-7-19(15-20)34-3/h4-5,7-8,10,15,17-18H,11-14,16H2,1-3H3,(H2,26,27,28,29,30). The number of H-pyrrole nitrogens is 1. The lowest BCUT2D eigenvalue weighted by atomic mass is 10.2. The summed E-state index contributed by atoms with van der Waals surface area (Å²) in [5.74, 6) is 8.45. The SMILES string of the molecule is COc1cccc(OCC#Cc2nc3c(NC4CCN(C(=O)C=CCN(C)C)C4)ncnc3[nH]2)c1. The van der Waals surface area contributed by atoms with Crippen LogP contribution in [-0.4, -0.2) is 89.1 Å². The average Bonchev–Trinajstić information content (AvgIpc) is 3.49. The van der Waals surface area contributed by atoms with E-state index in [0.29, 0.717) is 41.6 Å². The molecule has 1 amide bonds. The number of likely N-dealkylation sites (tertiary alicyclic amines) is 1. The smallest absolute Gasteiger partial charge is 0.246 e. The Kier molecular flexibility index (Phi) is 7.80. The Morgan fingerprint density at radius 2 is 2.20 bits per heavy atom. The second-order valence-electron chi connectivity index (χ2n) is 8.35. The number of hydrogen-bond donors (Lipinski definition) is 2. The zero-order valence-electron chi connectivity index (χ0n) is 20.1. The van der Waals surface area contributed by atoms with Gasteiger partial charge in [0.05, 0.1) is 7.11 Å². The lowest BCUT2D eigenvalue weighted by molar-refractivity contribution is -0.125. The summed E-state index contributed by atoms with van der Waals surface area (Å²) in [5, 5.41) is 3.41. The van der Waals surface area contributed by atoms with Crippen molar-refractivity contribution in [2.24, 2.45) is 0 Å². The highest BCUT2D eigenvalue weighted by Gasteiger charge is 2.26. The van der Waals surface area contributed by atoms with Gasteiger partial charge < -0.3 is 29.6 Å². The number of carbonyl (C=O) groups excluding carboxylic acids is 1. The quantitative estimate of drug-likeness (QED) is 0.376. The van der Waals surface area contributed by atoms with E-state index >= 15 is 0 Å². The summed E-state index contributed by atoms with van der Waals surface area (Å²) in [4.78, 5) is 32.5. The van der Waals surface area contributed by atoms with E-state index in [-0.39, 0.29) is 18.6 Å². The molecular weight excluding hydrogens is 446 g/mol. The van der Waals surface area contributed by atoms with Crippen LogP contribution in [0.4, 0.5) is 5.82 Å². The van der Waals surface area contributed by atoms with Gasteiger partial charge in [0.25, 0.3) is 0 Å². The number of hydrogen-bond acceptors (Lipinski definition) is 8. The molecule has 1 aliphatic heterocycles. The van der Waals surface area contributed by atoms with E-state index in [9.17, 15) is 4.79 Å². The Bertz CT molecular complexity index is 1260. The van der Waals surface area contributed by atoms with E-state index < -0.39 is 0 Å². The average molecular weight is 476 g/mol. The van der Waals surface area contributed by atoms with Crippen molar-refractivity contribution >= 4 is 22.9 Å². The summed E-state index contributed by atoms with van der Waals surface area (Å²) in [6.45, 7) is 2.24. The number of nitrogens with zero attached hydrogens (tertiary/aromatic N) is 5. The number of aromatic amines is 1. The summed E-state index contributed by atoms with van der Waals surface area (Å²) < 4.78 is 10.8. The number of likely N-dealkylation sites (N-methyl/N-ethyl adjacent to an activating group) is 1. The van der Waals surface area contributed by atoms with E-state index in [1.54, 1.807) is 19.3 Å². The molecule has 10 heteroatoms. The molecule has 1 aliphatic rings. The van der Waals surface area contributed by atoms with Gasteiger partial charge in [-0.15, -0.1) is 0 Å². The maximum absolute atomic E-state index is 12.4. The van der Waals surface area contributed by atoms with E-state index in [1.165, 1.54) is 6.33 Å². The van der Waals surface area contributed by atoms with Gasteiger partial charge in [-0.2, -0.15) is 0 Å². The molecule has 4 rings (SSSR count). The zero-order chi connectivity index (χ0) is 24.6. The summed E-state index contributed by atoms with van der Waals surface area (Å²) in [6.07, 6.45) is 5.83. The Labute approximate surface area is 204 Å². The van der Waals surface area contributed by atoms with E-state index in [4.69, 9.17) is 9.47 Å². The topological polar surface area (TPSA) is 108 Å². The maximum atomic E-state index is 12.4. The number of aromatic nitrogens is 4. The van der Waals surface area contributed by atoms with Crippen LogP contribution in [0.2, 0.25) is 0 Å². The number of benzene rings is 1. The minimum Gasteiger partial charge on any atom is -0.497 e. The van der Waals surface area contributed by atoms with Crippen molar-refractivity contribution in [3.8, 4) is 23.3 Å². The molecule has 3 aromatic rings. The largest absolute Gasteiger partial charge is 0.497 e. The number of amides is 1. The van der Waals surface area contributed by atoms with Crippen molar-refractivity contribution in [1.29, 1.82) is 0 Å². The molecule has 2 N–H and O–H groups in total. The van der Waals surface area contributed by atoms with Crippen LogP contribution in [0.15, 0.2) is 42.7 Å². The lowest BCUT2D eigenvalue weighted by Crippen LogP contribution is -2.30. The van der Waals surface area contributed by atoms with Crippen LogP contribution >= 0.6 is 0 Å². The molecule has 182 valence electrons. The van der Waals surface area contributed by atoms with Crippen LogP contribution in [0.5, 0.6) is 11.5 Å². The number of imidazole rings is 1. The molecule has 35 heavy (non-hydrogen) atoms. The normalized spacial score (nSPS) is 15.4. The Morgan fingerprint density at radius 1 is 1.34 bits per heavy atom. The van der Waals surface area contributed by atoms with Crippen LogP contribution in [-0.2, 0) is 4.79 Å². The second kappa shape index (κ2) is 11.4. The molecule has 0 aliphatic carbocycles. The minimum absolute atomic E-state index is 0.0254. The van der Waals surface area contributed by atoms with E-state index in [1.807, 2.05) is 48.2 Å². The number of fused-ring (bicyclic) bond motifs is 1. The third-order valence-corrected chi connectivity index (χ3v) is 5.41. The molecule has 1 fully saturated rings. The highest BCUT2D eigenvalue weighted by molar-refractivity contribution is 5.88. The summed E-state index contributed by atoms with van der Waals surface area (Å²) in [5.41, 5.74) is 1.21. The van der Waals surface area contributed by atoms with Gasteiger partial charge in [-0.1, -0.05) is 18.1 Å².